The molecule has 0 bridgehead atoms. The zero-order chi connectivity index (χ0) is 14.1. The van der Waals surface area contributed by atoms with Gasteiger partial charge < -0.3 is 4.74 Å². The maximum Gasteiger partial charge on any atom is 0.152 e. The summed E-state index contributed by atoms with van der Waals surface area (Å²) in [6, 6.07) is 11.5. The van der Waals surface area contributed by atoms with Crippen LogP contribution in [0, 0.1) is 16.7 Å². The van der Waals surface area contributed by atoms with Crippen LogP contribution in [0.5, 0.6) is 0 Å². The molecular formula is C14H17NO3S. The number of nitrogens with zero attached hydrogens (tertiary/aromatic N) is 1. The molecule has 2 rings (SSSR count). The largest absolute Gasteiger partial charge is 0.380 e. The first-order valence-electron chi connectivity index (χ1n) is 6.20. The first kappa shape index (κ1) is 14.0. The summed E-state index contributed by atoms with van der Waals surface area (Å²) in [5, 5.41) is 8.79. The molecule has 0 saturated heterocycles. The number of rotatable bonds is 5. The Morgan fingerprint density at radius 2 is 2.00 bits per heavy atom. The van der Waals surface area contributed by atoms with Crippen molar-refractivity contribution in [2.45, 2.75) is 18.1 Å². The molecule has 0 radical (unpaired) electrons. The van der Waals surface area contributed by atoms with E-state index in [4.69, 9.17) is 4.74 Å². The minimum atomic E-state index is -3.28. The van der Waals surface area contributed by atoms with Crippen LogP contribution in [0.15, 0.2) is 30.3 Å². The molecule has 1 aromatic rings. The third-order valence-corrected chi connectivity index (χ3v) is 5.24. The third kappa shape index (κ3) is 2.38. The summed E-state index contributed by atoms with van der Waals surface area (Å²) in [6.07, 6.45) is 1.19. The van der Waals surface area contributed by atoms with Gasteiger partial charge in [0.25, 0.3) is 0 Å². The van der Waals surface area contributed by atoms with Gasteiger partial charge >= 0.3 is 0 Å². The average molecular weight is 279 g/mol. The van der Waals surface area contributed by atoms with Crippen molar-refractivity contribution >= 4 is 9.84 Å². The monoisotopic (exact) mass is 279 g/mol. The molecule has 1 aliphatic carbocycles. The van der Waals surface area contributed by atoms with E-state index in [0.29, 0.717) is 6.61 Å². The summed E-state index contributed by atoms with van der Waals surface area (Å²) in [5.41, 5.74) is -0.0514. The molecule has 5 heteroatoms. The molecule has 0 aromatic heterocycles. The zero-order valence-corrected chi connectivity index (χ0v) is 11.9. The molecule has 3 unspecified atom stereocenters. The van der Waals surface area contributed by atoms with Gasteiger partial charge in [0, 0.05) is 18.8 Å². The van der Waals surface area contributed by atoms with Crippen LogP contribution in [0.1, 0.15) is 18.4 Å². The molecule has 1 fully saturated rings. The minimum Gasteiger partial charge on any atom is -0.380 e. The molecule has 4 nitrogen and oxygen atoms in total. The molecule has 1 aromatic carbocycles. The molecule has 1 saturated carbocycles. The van der Waals surface area contributed by atoms with Gasteiger partial charge in [-0.1, -0.05) is 30.3 Å². The lowest BCUT2D eigenvalue weighted by Crippen LogP contribution is -2.18. The first-order chi connectivity index (χ1) is 8.97. The fraction of sp³-hybridized carbons (Fsp3) is 0.500. The van der Waals surface area contributed by atoms with Crippen LogP contribution >= 0.6 is 0 Å². The lowest BCUT2D eigenvalue weighted by atomic mass is 10.0. The third-order valence-electron chi connectivity index (χ3n) is 3.63. The summed E-state index contributed by atoms with van der Waals surface area (Å²) in [7, 11) is -3.28. The fourth-order valence-electron chi connectivity index (χ4n) is 2.77. The molecule has 102 valence electrons. The fourth-order valence-corrected chi connectivity index (χ4v) is 4.62. The van der Waals surface area contributed by atoms with Gasteiger partial charge in [0.2, 0.25) is 0 Å². The van der Waals surface area contributed by atoms with E-state index in [1.807, 2.05) is 37.3 Å². The Labute approximate surface area is 113 Å². The van der Waals surface area contributed by atoms with Gasteiger partial charge in [0.15, 0.2) is 9.84 Å². The Morgan fingerprint density at radius 3 is 2.47 bits per heavy atom. The van der Waals surface area contributed by atoms with Crippen molar-refractivity contribution in [2.24, 2.45) is 5.41 Å². The highest BCUT2D eigenvalue weighted by Crippen LogP contribution is 2.62. The van der Waals surface area contributed by atoms with Crippen molar-refractivity contribution in [3.8, 4) is 6.07 Å². The van der Waals surface area contributed by atoms with Crippen molar-refractivity contribution in [3.63, 3.8) is 0 Å². The van der Waals surface area contributed by atoms with Gasteiger partial charge in [0.1, 0.15) is 5.41 Å². The summed E-state index contributed by atoms with van der Waals surface area (Å²) in [4.78, 5) is 0. The highest BCUT2D eigenvalue weighted by molar-refractivity contribution is 7.91. The Kier molecular flexibility index (Phi) is 3.66. The van der Waals surface area contributed by atoms with E-state index in [9.17, 15) is 13.7 Å². The predicted molar refractivity (Wildman–Crippen MR) is 72.4 cm³/mol. The van der Waals surface area contributed by atoms with Crippen molar-refractivity contribution in [1.29, 1.82) is 5.26 Å². The number of ether oxygens (including phenoxy) is 1. The summed E-state index contributed by atoms with van der Waals surface area (Å²) in [6.45, 7) is 2.47. The molecule has 0 heterocycles. The smallest absolute Gasteiger partial charge is 0.152 e. The predicted octanol–water partition coefficient (Wildman–Crippen LogP) is 1.74. The van der Waals surface area contributed by atoms with Crippen molar-refractivity contribution in [1.82, 2.24) is 0 Å². The summed E-state index contributed by atoms with van der Waals surface area (Å²) in [5.74, 6) is -0.291. The van der Waals surface area contributed by atoms with Gasteiger partial charge in [-0.05, 0) is 12.5 Å². The second-order valence-corrected chi connectivity index (χ2v) is 7.09. The summed E-state index contributed by atoms with van der Waals surface area (Å²) < 4.78 is 29.2. The van der Waals surface area contributed by atoms with Gasteiger partial charge in [-0.15, -0.1) is 0 Å². The van der Waals surface area contributed by atoms with Gasteiger partial charge in [-0.25, -0.2) is 8.42 Å². The molecule has 1 aliphatic rings. The number of benzene rings is 1. The van der Waals surface area contributed by atoms with Crippen LogP contribution in [0.2, 0.25) is 0 Å². The number of nitriles is 1. The molecule has 3 atom stereocenters. The van der Waals surface area contributed by atoms with Crippen molar-refractivity contribution in [2.75, 3.05) is 19.5 Å². The second kappa shape index (κ2) is 4.95. The van der Waals surface area contributed by atoms with E-state index >= 15 is 0 Å². The Morgan fingerprint density at radius 1 is 1.37 bits per heavy atom. The van der Waals surface area contributed by atoms with Crippen LogP contribution in [0.25, 0.3) is 0 Å². The highest BCUT2D eigenvalue weighted by Gasteiger charge is 2.71. The van der Waals surface area contributed by atoms with Crippen LogP contribution in [0.3, 0.4) is 0 Å². The maximum absolute atomic E-state index is 11.9. The van der Waals surface area contributed by atoms with Crippen molar-refractivity contribution < 1.29 is 13.2 Å². The SMILES string of the molecule is CCOCC1(C#N)C(c2ccccc2)C1S(C)(=O)=O. The zero-order valence-electron chi connectivity index (χ0n) is 11.0. The van der Waals surface area contributed by atoms with Crippen LogP contribution in [-0.4, -0.2) is 33.1 Å². The van der Waals surface area contributed by atoms with Crippen LogP contribution in [0.4, 0.5) is 0 Å². The van der Waals surface area contributed by atoms with E-state index in [1.165, 1.54) is 6.26 Å². The lowest BCUT2D eigenvalue weighted by molar-refractivity contribution is 0.117. The van der Waals surface area contributed by atoms with E-state index in [-0.39, 0.29) is 12.5 Å². The van der Waals surface area contributed by atoms with Crippen LogP contribution in [-0.2, 0) is 14.6 Å². The molecule has 0 amide bonds. The van der Waals surface area contributed by atoms with Gasteiger partial charge in [-0.3, -0.25) is 0 Å². The molecule has 0 spiro atoms. The topological polar surface area (TPSA) is 67.2 Å². The number of hydrogen-bond donors (Lipinski definition) is 0. The Balaban J connectivity index is 2.39. The van der Waals surface area contributed by atoms with E-state index < -0.39 is 20.5 Å². The molecule has 0 N–H and O–H groups in total. The standard InChI is InChI=1S/C14H17NO3S/c1-3-18-10-14(9-15)12(13(14)19(2,16)17)11-7-5-4-6-8-11/h4-8,12-13H,3,10H2,1-2H3. The van der Waals surface area contributed by atoms with E-state index in [2.05, 4.69) is 6.07 Å². The second-order valence-electron chi connectivity index (χ2n) is 4.93. The Bertz CT molecular complexity index is 591. The maximum atomic E-state index is 11.9. The van der Waals surface area contributed by atoms with E-state index in [1.54, 1.807) is 0 Å². The number of hydrogen-bond acceptors (Lipinski definition) is 4. The summed E-state index contributed by atoms with van der Waals surface area (Å²) >= 11 is 0. The molecule has 19 heavy (non-hydrogen) atoms. The van der Waals surface area contributed by atoms with Gasteiger partial charge in [0.05, 0.1) is 17.9 Å². The highest BCUT2D eigenvalue weighted by atomic mass is 32.2. The van der Waals surface area contributed by atoms with Crippen LogP contribution < -0.4 is 0 Å². The van der Waals surface area contributed by atoms with E-state index in [0.717, 1.165) is 5.56 Å². The normalized spacial score (nSPS) is 29.7. The Hall–Kier alpha value is -1.38. The van der Waals surface area contributed by atoms with Gasteiger partial charge in [-0.2, -0.15) is 5.26 Å². The van der Waals surface area contributed by atoms with Crippen molar-refractivity contribution in [3.05, 3.63) is 35.9 Å². The average Bonchev–Trinajstić information content (AvgIpc) is 3.07. The molecular weight excluding hydrogens is 262 g/mol. The lowest BCUT2D eigenvalue weighted by Gasteiger charge is -2.08. The first-order valence-corrected chi connectivity index (χ1v) is 8.15. The number of sulfone groups is 1. The quantitative estimate of drug-likeness (QED) is 0.823. The minimum absolute atomic E-state index is 0.164. The molecule has 0 aliphatic heterocycles.